The molecule has 1 aromatic rings. The second-order valence-electron chi connectivity index (χ2n) is 3.99. The van der Waals surface area contributed by atoms with Gasteiger partial charge < -0.3 is 20.5 Å². The van der Waals surface area contributed by atoms with Crippen LogP contribution in [0, 0.1) is 0 Å². The van der Waals surface area contributed by atoms with Crippen molar-refractivity contribution in [2.45, 2.75) is 12.5 Å². The summed E-state index contributed by atoms with van der Waals surface area (Å²) < 4.78 is 10.2. The van der Waals surface area contributed by atoms with Gasteiger partial charge in [-0.15, -0.1) is 0 Å². The molecule has 5 heteroatoms. The van der Waals surface area contributed by atoms with E-state index in [4.69, 9.17) is 15.2 Å². The maximum absolute atomic E-state index is 11.9. The van der Waals surface area contributed by atoms with Crippen molar-refractivity contribution in [3.8, 4) is 5.75 Å². The van der Waals surface area contributed by atoms with E-state index in [0.717, 1.165) is 6.42 Å². The van der Waals surface area contributed by atoms with Crippen LogP contribution in [0.15, 0.2) is 18.2 Å². The Hall–Kier alpha value is -1.75. The number of carbonyl (C=O) groups is 1. The molecule has 1 amide bonds. The van der Waals surface area contributed by atoms with Gasteiger partial charge in [-0.1, -0.05) is 0 Å². The Balaban J connectivity index is 2.07. The fraction of sp³-hybridized carbons (Fsp3) is 0.417. The Morgan fingerprint density at radius 1 is 1.59 bits per heavy atom. The number of hydrogen-bond donors (Lipinski definition) is 2. The third kappa shape index (κ3) is 2.68. The molecule has 0 aliphatic carbocycles. The van der Waals surface area contributed by atoms with Gasteiger partial charge in [-0.3, -0.25) is 4.79 Å². The molecule has 1 unspecified atom stereocenters. The summed E-state index contributed by atoms with van der Waals surface area (Å²) in [5.41, 5.74) is 6.69. The average molecular weight is 236 g/mol. The first-order valence-corrected chi connectivity index (χ1v) is 5.53. The molecule has 1 aromatic carbocycles. The molecule has 1 aliphatic rings. The molecule has 0 spiro atoms. The zero-order valence-electron chi connectivity index (χ0n) is 9.73. The highest BCUT2D eigenvalue weighted by Gasteiger charge is 2.19. The number of rotatable bonds is 3. The van der Waals surface area contributed by atoms with E-state index in [1.54, 1.807) is 25.3 Å². The van der Waals surface area contributed by atoms with Gasteiger partial charge >= 0.3 is 0 Å². The van der Waals surface area contributed by atoms with E-state index in [9.17, 15) is 4.79 Å². The molecule has 0 aromatic heterocycles. The van der Waals surface area contributed by atoms with Gasteiger partial charge in [0.05, 0.1) is 25.3 Å². The Labute approximate surface area is 99.9 Å². The minimum Gasteiger partial charge on any atom is -0.497 e. The third-order valence-corrected chi connectivity index (χ3v) is 2.77. The predicted octanol–water partition coefficient (Wildman–Crippen LogP) is 0.796. The van der Waals surface area contributed by atoms with Crippen molar-refractivity contribution < 1.29 is 14.3 Å². The Bertz CT molecular complexity index is 414. The fourth-order valence-electron chi connectivity index (χ4n) is 1.79. The minimum atomic E-state index is -0.166. The van der Waals surface area contributed by atoms with Crippen molar-refractivity contribution in [1.82, 2.24) is 5.32 Å². The van der Waals surface area contributed by atoms with E-state index in [2.05, 4.69) is 5.32 Å². The van der Waals surface area contributed by atoms with E-state index < -0.39 is 0 Å². The lowest BCUT2D eigenvalue weighted by molar-refractivity contribution is 0.0931. The van der Waals surface area contributed by atoms with E-state index in [1.165, 1.54) is 0 Å². The number of nitrogens with one attached hydrogen (secondary N) is 1. The summed E-state index contributed by atoms with van der Waals surface area (Å²) in [6.07, 6.45) is 0.849. The number of ether oxygens (including phenoxy) is 2. The monoisotopic (exact) mass is 236 g/mol. The minimum absolute atomic E-state index is 0.0870. The molecule has 0 saturated carbocycles. The molecule has 0 bridgehead atoms. The van der Waals surface area contributed by atoms with Crippen LogP contribution in [0.2, 0.25) is 0 Å². The highest BCUT2D eigenvalue weighted by atomic mass is 16.5. The smallest absolute Gasteiger partial charge is 0.253 e. The van der Waals surface area contributed by atoms with Gasteiger partial charge in [0.1, 0.15) is 5.75 Å². The van der Waals surface area contributed by atoms with Crippen LogP contribution >= 0.6 is 0 Å². The van der Waals surface area contributed by atoms with Crippen LogP contribution in [0.1, 0.15) is 16.8 Å². The number of benzene rings is 1. The first kappa shape index (κ1) is 11.7. The molecule has 1 saturated heterocycles. The quantitative estimate of drug-likeness (QED) is 0.761. The van der Waals surface area contributed by atoms with Gasteiger partial charge in [0.2, 0.25) is 0 Å². The SMILES string of the molecule is COc1ccc(C(=O)NC2CCOC2)c(N)c1. The lowest BCUT2D eigenvalue weighted by Gasteiger charge is -2.12. The molecule has 1 fully saturated rings. The second kappa shape index (κ2) is 5.05. The van der Waals surface area contributed by atoms with Crippen LogP contribution in [0.3, 0.4) is 0 Å². The summed E-state index contributed by atoms with van der Waals surface area (Å²) in [6, 6.07) is 5.11. The maximum Gasteiger partial charge on any atom is 0.253 e. The molecule has 2 rings (SSSR count). The number of nitrogens with two attached hydrogens (primary N) is 1. The van der Waals surface area contributed by atoms with Gasteiger partial charge in [-0.2, -0.15) is 0 Å². The highest BCUT2D eigenvalue weighted by Crippen LogP contribution is 2.19. The van der Waals surface area contributed by atoms with Crippen LogP contribution in [0.25, 0.3) is 0 Å². The van der Waals surface area contributed by atoms with Crippen molar-refractivity contribution >= 4 is 11.6 Å². The summed E-state index contributed by atoms with van der Waals surface area (Å²) in [7, 11) is 1.56. The summed E-state index contributed by atoms with van der Waals surface area (Å²) in [6.45, 7) is 1.27. The van der Waals surface area contributed by atoms with Crippen molar-refractivity contribution in [3.63, 3.8) is 0 Å². The van der Waals surface area contributed by atoms with E-state index in [-0.39, 0.29) is 11.9 Å². The van der Waals surface area contributed by atoms with Gasteiger partial charge in [0.25, 0.3) is 5.91 Å². The normalized spacial score (nSPS) is 19.0. The molecule has 1 atom stereocenters. The Kier molecular flexibility index (Phi) is 3.49. The molecule has 17 heavy (non-hydrogen) atoms. The van der Waals surface area contributed by atoms with Crippen molar-refractivity contribution in [2.24, 2.45) is 0 Å². The Morgan fingerprint density at radius 3 is 3.00 bits per heavy atom. The van der Waals surface area contributed by atoms with E-state index >= 15 is 0 Å². The number of amides is 1. The van der Waals surface area contributed by atoms with Crippen molar-refractivity contribution in [1.29, 1.82) is 0 Å². The van der Waals surface area contributed by atoms with Gasteiger partial charge in [-0.05, 0) is 18.6 Å². The lowest BCUT2D eigenvalue weighted by Crippen LogP contribution is -2.35. The van der Waals surface area contributed by atoms with Crippen molar-refractivity contribution in [2.75, 3.05) is 26.1 Å². The largest absolute Gasteiger partial charge is 0.497 e. The van der Waals surface area contributed by atoms with E-state index in [0.29, 0.717) is 30.2 Å². The van der Waals surface area contributed by atoms with Crippen LogP contribution in [-0.2, 0) is 4.74 Å². The van der Waals surface area contributed by atoms with Crippen LogP contribution < -0.4 is 15.8 Å². The van der Waals surface area contributed by atoms with Crippen LogP contribution in [0.5, 0.6) is 5.75 Å². The lowest BCUT2D eigenvalue weighted by atomic mass is 10.1. The summed E-state index contributed by atoms with van der Waals surface area (Å²) >= 11 is 0. The maximum atomic E-state index is 11.9. The molecule has 92 valence electrons. The van der Waals surface area contributed by atoms with Gasteiger partial charge in [0.15, 0.2) is 0 Å². The Morgan fingerprint density at radius 2 is 2.41 bits per heavy atom. The van der Waals surface area contributed by atoms with E-state index in [1.807, 2.05) is 0 Å². The standard InChI is InChI=1S/C12H16N2O3/c1-16-9-2-3-10(11(13)6-9)12(15)14-8-4-5-17-7-8/h2-3,6,8H,4-5,7,13H2,1H3,(H,14,15). The number of anilines is 1. The molecular weight excluding hydrogens is 220 g/mol. The van der Waals surface area contributed by atoms with Crippen molar-refractivity contribution in [3.05, 3.63) is 23.8 Å². The van der Waals surface area contributed by atoms with Gasteiger partial charge in [-0.25, -0.2) is 0 Å². The molecule has 3 N–H and O–H groups in total. The summed E-state index contributed by atoms with van der Waals surface area (Å²) in [5, 5.41) is 2.89. The van der Waals surface area contributed by atoms with Crippen LogP contribution in [0.4, 0.5) is 5.69 Å². The molecule has 5 nitrogen and oxygen atoms in total. The second-order valence-corrected chi connectivity index (χ2v) is 3.99. The number of methoxy groups -OCH3 is 1. The predicted molar refractivity (Wildman–Crippen MR) is 64.1 cm³/mol. The first-order valence-electron chi connectivity index (χ1n) is 5.53. The van der Waals surface area contributed by atoms with Gasteiger partial charge in [0, 0.05) is 18.4 Å². The molecule has 1 heterocycles. The zero-order valence-corrected chi connectivity index (χ0v) is 9.73. The first-order chi connectivity index (χ1) is 8.20. The topological polar surface area (TPSA) is 73.6 Å². The fourth-order valence-corrected chi connectivity index (χ4v) is 1.79. The highest BCUT2D eigenvalue weighted by molar-refractivity contribution is 5.99. The average Bonchev–Trinajstić information content (AvgIpc) is 2.81. The zero-order chi connectivity index (χ0) is 12.3. The van der Waals surface area contributed by atoms with Crippen LogP contribution in [-0.4, -0.2) is 32.3 Å². The summed E-state index contributed by atoms with van der Waals surface area (Å²) in [5.74, 6) is 0.476. The molecule has 1 aliphatic heterocycles. The molecular formula is C12H16N2O3. The molecule has 0 radical (unpaired) electrons. The number of carbonyl (C=O) groups excluding carboxylic acids is 1. The number of hydrogen-bond acceptors (Lipinski definition) is 4. The summed E-state index contributed by atoms with van der Waals surface area (Å²) in [4.78, 5) is 11.9. The third-order valence-electron chi connectivity index (χ3n) is 2.77. The number of nitrogen functional groups attached to an aromatic ring is 1.